The molecule has 3 heterocycles. The number of pyridine rings is 1. The Morgan fingerprint density at radius 1 is 1.25 bits per heavy atom. The van der Waals surface area contributed by atoms with Crippen LogP contribution in [0.4, 0.5) is 10.6 Å². The van der Waals surface area contributed by atoms with Crippen molar-refractivity contribution in [2.45, 2.75) is 38.8 Å². The molecule has 1 amide bonds. The van der Waals surface area contributed by atoms with Crippen molar-refractivity contribution < 1.29 is 9.53 Å². The van der Waals surface area contributed by atoms with Gasteiger partial charge in [0, 0.05) is 34.7 Å². The van der Waals surface area contributed by atoms with Crippen molar-refractivity contribution >= 4 is 33.9 Å². The summed E-state index contributed by atoms with van der Waals surface area (Å²) in [5.74, 6) is 0.377. The van der Waals surface area contributed by atoms with E-state index < -0.39 is 11.7 Å². The highest BCUT2D eigenvalue weighted by Crippen LogP contribution is 2.44. The first kappa shape index (κ1) is 20.0. The number of aromatic nitrogens is 4. The summed E-state index contributed by atoms with van der Waals surface area (Å²) in [6.45, 7) is 9.80. The van der Waals surface area contributed by atoms with Crippen LogP contribution in [0.1, 0.15) is 32.0 Å². The number of nitrogens with one attached hydrogen (secondary N) is 1. The summed E-state index contributed by atoms with van der Waals surface area (Å²) >= 11 is 0. The van der Waals surface area contributed by atoms with E-state index in [4.69, 9.17) is 10.5 Å². The van der Waals surface area contributed by atoms with Crippen molar-refractivity contribution in [3.05, 3.63) is 60.7 Å². The van der Waals surface area contributed by atoms with Gasteiger partial charge < -0.3 is 15.8 Å². The molecule has 0 spiro atoms. The van der Waals surface area contributed by atoms with E-state index in [0.29, 0.717) is 17.8 Å². The number of nitrogens with zero attached hydrogens (tertiary/aromatic N) is 4. The molecule has 0 bridgehead atoms. The van der Waals surface area contributed by atoms with Gasteiger partial charge in [-0.3, -0.25) is 4.98 Å². The molecular formula is C24H24N6O2. The summed E-state index contributed by atoms with van der Waals surface area (Å²) in [5, 5.41) is 8.41. The number of nitrogen functional groups attached to an aromatic ring is 1. The minimum atomic E-state index is -0.586. The number of fused-ring (bicyclic) bond motifs is 4. The molecule has 1 aromatic carbocycles. The van der Waals surface area contributed by atoms with Crippen LogP contribution in [0.15, 0.2) is 49.4 Å². The van der Waals surface area contributed by atoms with Crippen LogP contribution in [0.5, 0.6) is 0 Å². The van der Waals surface area contributed by atoms with E-state index in [2.05, 4.69) is 33.0 Å². The smallest absolute Gasteiger partial charge is 0.408 e. The van der Waals surface area contributed by atoms with Crippen LogP contribution >= 0.6 is 0 Å². The van der Waals surface area contributed by atoms with Gasteiger partial charge in [0.1, 0.15) is 17.4 Å². The van der Waals surface area contributed by atoms with Crippen molar-refractivity contribution in [2.24, 2.45) is 0 Å². The van der Waals surface area contributed by atoms with E-state index in [0.717, 1.165) is 38.9 Å². The molecule has 1 aliphatic carbocycles. The largest absolute Gasteiger partial charge is 0.444 e. The summed E-state index contributed by atoms with van der Waals surface area (Å²) in [5.41, 5.74) is 11.7. The molecule has 1 aliphatic rings. The van der Waals surface area contributed by atoms with Crippen molar-refractivity contribution in [3.63, 3.8) is 0 Å². The zero-order valence-electron chi connectivity index (χ0n) is 18.2. The zero-order valence-corrected chi connectivity index (χ0v) is 18.2. The molecular weight excluding hydrogens is 404 g/mol. The van der Waals surface area contributed by atoms with Crippen LogP contribution in [0.3, 0.4) is 0 Å². The lowest BCUT2D eigenvalue weighted by atomic mass is 9.98. The van der Waals surface area contributed by atoms with E-state index in [-0.39, 0.29) is 6.04 Å². The van der Waals surface area contributed by atoms with E-state index >= 15 is 0 Å². The van der Waals surface area contributed by atoms with Gasteiger partial charge in [0.25, 0.3) is 0 Å². The maximum absolute atomic E-state index is 12.4. The number of carbonyl (C=O) groups excluding carboxylic acids is 1. The number of anilines is 1. The molecule has 3 N–H and O–H groups in total. The van der Waals surface area contributed by atoms with Gasteiger partial charge in [-0.05, 0) is 38.5 Å². The molecule has 4 aromatic rings. The first-order valence-corrected chi connectivity index (χ1v) is 10.4. The summed E-state index contributed by atoms with van der Waals surface area (Å²) < 4.78 is 7.24. The molecule has 0 radical (unpaired) electrons. The molecule has 0 saturated heterocycles. The number of alkyl carbamates (subject to hydrolysis) is 1. The summed E-state index contributed by atoms with van der Waals surface area (Å²) in [6, 6.07) is 9.69. The van der Waals surface area contributed by atoms with Gasteiger partial charge in [-0.2, -0.15) is 5.10 Å². The number of benzene rings is 1. The molecule has 0 fully saturated rings. The number of hydrogen-bond donors (Lipinski definition) is 2. The van der Waals surface area contributed by atoms with Gasteiger partial charge in [-0.15, -0.1) is 0 Å². The Morgan fingerprint density at radius 3 is 2.81 bits per heavy atom. The molecule has 5 rings (SSSR count). The second kappa shape index (κ2) is 7.05. The van der Waals surface area contributed by atoms with Crippen LogP contribution < -0.4 is 11.1 Å². The Bertz CT molecular complexity index is 1400. The van der Waals surface area contributed by atoms with E-state index in [1.54, 1.807) is 4.52 Å². The third kappa shape index (κ3) is 3.24. The standard InChI is InChI=1S/C24H24N6O2/c1-13-17(29-23(31)32-24(2,3)4)10-18-19(13)20(21-22(25)27-12-28-30(18)21)15-9-14-7-5-6-8-16(14)26-11-15/h5-9,11-12,17H,1,10H2,2-4H3,(H,29,31)(H2,25,27,28)/t17-/m1/s1. The summed E-state index contributed by atoms with van der Waals surface area (Å²) in [4.78, 5) is 21.2. The minimum Gasteiger partial charge on any atom is -0.444 e. The fourth-order valence-corrected chi connectivity index (χ4v) is 4.28. The molecule has 0 aliphatic heterocycles. The number of nitrogens with two attached hydrogens (primary N) is 1. The maximum atomic E-state index is 12.4. The van der Waals surface area contributed by atoms with Crippen LogP contribution in [0, 0.1) is 0 Å². The lowest BCUT2D eigenvalue weighted by molar-refractivity contribution is 0.0517. The highest BCUT2D eigenvalue weighted by Gasteiger charge is 2.36. The maximum Gasteiger partial charge on any atom is 0.408 e. The third-order valence-corrected chi connectivity index (χ3v) is 5.56. The van der Waals surface area contributed by atoms with Crippen LogP contribution in [-0.2, 0) is 11.2 Å². The lowest BCUT2D eigenvalue weighted by Crippen LogP contribution is -2.39. The number of rotatable bonds is 2. The van der Waals surface area contributed by atoms with Crippen LogP contribution in [0.2, 0.25) is 0 Å². The Labute approximate surface area is 185 Å². The molecule has 3 aromatic heterocycles. The van der Waals surface area contributed by atoms with Gasteiger partial charge in [0.2, 0.25) is 0 Å². The predicted molar refractivity (Wildman–Crippen MR) is 124 cm³/mol. The second-order valence-corrected chi connectivity index (χ2v) is 8.95. The highest BCUT2D eigenvalue weighted by atomic mass is 16.6. The van der Waals surface area contributed by atoms with Crippen molar-refractivity contribution in [3.8, 4) is 11.1 Å². The molecule has 0 saturated carbocycles. The van der Waals surface area contributed by atoms with Crippen LogP contribution in [-0.4, -0.2) is 37.3 Å². The molecule has 32 heavy (non-hydrogen) atoms. The van der Waals surface area contributed by atoms with Crippen molar-refractivity contribution in [1.82, 2.24) is 24.9 Å². The normalized spacial score (nSPS) is 15.8. The number of hydrogen-bond acceptors (Lipinski definition) is 6. The van der Waals surface area contributed by atoms with Crippen LogP contribution in [0.25, 0.3) is 33.1 Å². The summed E-state index contributed by atoms with van der Waals surface area (Å²) in [6.07, 6.45) is 3.30. The average molecular weight is 428 g/mol. The number of ether oxygens (including phenoxy) is 1. The zero-order chi connectivity index (χ0) is 22.6. The molecule has 0 unspecified atom stereocenters. The Balaban J connectivity index is 1.64. The van der Waals surface area contributed by atoms with E-state index in [9.17, 15) is 4.79 Å². The number of para-hydroxylation sites is 1. The fourth-order valence-electron chi connectivity index (χ4n) is 4.28. The lowest BCUT2D eigenvalue weighted by Gasteiger charge is -2.22. The second-order valence-electron chi connectivity index (χ2n) is 8.95. The average Bonchev–Trinajstić information content (AvgIpc) is 3.22. The SMILES string of the molecule is C=C1c2c(-c3cnc4ccccc4c3)c3c(N)ncnn3c2C[C@H]1NC(=O)OC(C)(C)C. The van der Waals surface area contributed by atoms with Gasteiger partial charge in [0.15, 0.2) is 5.82 Å². The number of amides is 1. The number of carbonyl (C=O) groups is 1. The Kier molecular flexibility index (Phi) is 4.40. The first-order valence-electron chi connectivity index (χ1n) is 10.4. The Hall–Kier alpha value is -3.94. The predicted octanol–water partition coefficient (Wildman–Crippen LogP) is 3.99. The van der Waals surface area contributed by atoms with Crippen molar-refractivity contribution in [2.75, 3.05) is 5.73 Å². The van der Waals surface area contributed by atoms with Gasteiger partial charge in [-0.1, -0.05) is 24.8 Å². The van der Waals surface area contributed by atoms with Crippen molar-refractivity contribution in [1.29, 1.82) is 0 Å². The first-order chi connectivity index (χ1) is 15.2. The topological polar surface area (TPSA) is 107 Å². The van der Waals surface area contributed by atoms with Gasteiger partial charge >= 0.3 is 6.09 Å². The van der Waals surface area contributed by atoms with Gasteiger partial charge in [0.05, 0.1) is 17.3 Å². The van der Waals surface area contributed by atoms with E-state index in [1.165, 1.54) is 6.33 Å². The minimum absolute atomic E-state index is 0.310. The Morgan fingerprint density at radius 2 is 2.03 bits per heavy atom. The molecule has 8 heteroatoms. The quantitative estimate of drug-likeness (QED) is 0.500. The van der Waals surface area contributed by atoms with Gasteiger partial charge in [-0.25, -0.2) is 14.3 Å². The molecule has 162 valence electrons. The molecule has 8 nitrogen and oxygen atoms in total. The molecule has 1 atom stereocenters. The third-order valence-electron chi connectivity index (χ3n) is 5.56. The summed E-state index contributed by atoms with van der Waals surface area (Å²) in [7, 11) is 0. The van der Waals surface area contributed by atoms with E-state index in [1.807, 2.05) is 51.2 Å². The highest BCUT2D eigenvalue weighted by molar-refractivity contribution is 6.01. The fraction of sp³-hybridized carbons (Fsp3) is 0.250. The monoisotopic (exact) mass is 428 g/mol.